The predicted molar refractivity (Wildman–Crippen MR) is 154 cm³/mol. The van der Waals surface area contributed by atoms with Crippen LogP contribution in [0.3, 0.4) is 0 Å². The van der Waals surface area contributed by atoms with E-state index in [1.165, 1.54) is 180 Å². The van der Waals surface area contributed by atoms with Gasteiger partial charge in [0.2, 0.25) is 0 Å². The molecule has 0 bridgehead atoms. The molecule has 0 heteroatoms. The van der Waals surface area contributed by atoms with Crippen LogP contribution in [0.1, 0.15) is 200 Å². The van der Waals surface area contributed by atoms with Gasteiger partial charge in [0.1, 0.15) is 0 Å². The third-order valence-electron chi connectivity index (χ3n) is 7.79. The van der Waals surface area contributed by atoms with Crippen molar-refractivity contribution < 1.29 is 0 Å². The Kier molecular flexibility index (Phi) is 30.0. The van der Waals surface area contributed by atoms with Crippen molar-refractivity contribution in [1.82, 2.24) is 0 Å². The summed E-state index contributed by atoms with van der Waals surface area (Å²) in [5.41, 5.74) is 0. The first-order chi connectivity index (χ1) is 16.3. The van der Waals surface area contributed by atoms with E-state index in [-0.39, 0.29) is 0 Å². The van der Waals surface area contributed by atoms with Gasteiger partial charge in [0.15, 0.2) is 0 Å². The van der Waals surface area contributed by atoms with Crippen LogP contribution in [0.15, 0.2) is 0 Å². The molecule has 1 atom stereocenters. The van der Waals surface area contributed by atoms with Gasteiger partial charge < -0.3 is 0 Å². The van der Waals surface area contributed by atoms with Gasteiger partial charge in [0, 0.05) is 0 Å². The zero-order chi connectivity index (χ0) is 24.1. The smallest absolute Gasteiger partial charge is 0.0414 e. The summed E-state index contributed by atoms with van der Waals surface area (Å²) in [5, 5.41) is 0. The summed E-state index contributed by atoms with van der Waals surface area (Å²) in [4.78, 5) is 0. The molecule has 0 aliphatic rings. The monoisotopic (exact) mass is 464 g/mol. The number of hydrogen-bond donors (Lipinski definition) is 0. The van der Waals surface area contributed by atoms with Crippen LogP contribution >= 0.6 is 0 Å². The fraction of sp³-hybridized carbons (Fsp3) is 0.970. The molecular formula is C33H67. The van der Waals surface area contributed by atoms with E-state index in [4.69, 9.17) is 0 Å². The van der Waals surface area contributed by atoms with Gasteiger partial charge in [-0.3, -0.25) is 0 Å². The van der Waals surface area contributed by atoms with Gasteiger partial charge in [0.25, 0.3) is 0 Å². The second kappa shape index (κ2) is 30.0. The SMILES string of the molecule is [CH2]CCCCCC(CCCCCCCCCCC)CCCCCCCCCCCCCCC. The minimum absolute atomic E-state index is 1.02. The summed E-state index contributed by atoms with van der Waals surface area (Å²) >= 11 is 0. The number of hydrogen-bond acceptors (Lipinski definition) is 0. The molecule has 0 heterocycles. The topological polar surface area (TPSA) is 0 Å². The molecule has 1 unspecified atom stereocenters. The van der Waals surface area contributed by atoms with Crippen molar-refractivity contribution in [2.24, 2.45) is 5.92 Å². The molecule has 0 rings (SSSR count). The molecular weight excluding hydrogens is 396 g/mol. The van der Waals surface area contributed by atoms with Gasteiger partial charge in [0.05, 0.1) is 0 Å². The van der Waals surface area contributed by atoms with Gasteiger partial charge in [-0.2, -0.15) is 0 Å². The molecule has 0 aromatic rings. The van der Waals surface area contributed by atoms with Gasteiger partial charge in [-0.25, -0.2) is 0 Å². The van der Waals surface area contributed by atoms with Gasteiger partial charge in [-0.1, -0.05) is 207 Å². The van der Waals surface area contributed by atoms with Crippen molar-refractivity contribution in [1.29, 1.82) is 0 Å². The van der Waals surface area contributed by atoms with Crippen molar-refractivity contribution in [3.63, 3.8) is 0 Å². The number of unbranched alkanes of at least 4 members (excludes halogenated alkanes) is 23. The first kappa shape index (κ1) is 33.0. The van der Waals surface area contributed by atoms with E-state index in [1.54, 1.807) is 0 Å². The van der Waals surface area contributed by atoms with Crippen LogP contribution in [0.25, 0.3) is 0 Å². The highest BCUT2D eigenvalue weighted by atomic mass is 14.1. The highest BCUT2D eigenvalue weighted by Crippen LogP contribution is 2.24. The molecule has 0 fully saturated rings. The van der Waals surface area contributed by atoms with Crippen LogP contribution in [-0.4, -0.2) is 0 Å². The van der Waals surface area contributed by atoms with E-state index in [0.29, 0.717) is 0 Å². The van der Waals surface area contributed by atoms with Crippen LogP contribution in [0.5, 0.6) is 0 Å². The fourth-order valence-corrected chi connectivity index (χ4v) is 5.41. The molecule has 0 aromatic heterocycles. The predicted octanol–water partition coefficient (Wildman–Crippen LogP) is 12.8. The van der Waals surface area contributed by atoms with Crippen molar-refractivity contribution in [2.45, 2.75) is 200 Å². The first-order valence-corrected chi connectivity index (χ1v) is 16.1. The minimum Gasteiger partial charge on any atom is -0.0654 e. The Morgan fingerprint density at radius 2 is 0.576 bits per heavy atom. The molecule has 199 valence electrons. The molecule has 0 saturated carbocycles. The summed E-state index contributed by atoms with van der Waals surface area (Å²) in [5.74, 6) is 1.02. The summed E-state index contributed by atoms with van der Waals surface area (Å²) in [6.07, 6.45) is 42.2. The molecule has 0 spiro atoms. The minimum atomic E-state index is 1.02. The van der Waals surface area contributed by atoms with Gasteiger partial charge >= 0.3 is 0 Å². The maximum Gasteiger partial charge on any atom is -0.0414 e. The van der Waals surface area contributed by atoms with E-state index in [9.17, 15) is 0 Å². The Bertz CT molecular complexity index is 320. The highest BCUT2D eigenvalue weighted by molar-refractivity contribution is 4.62. The van der Waals surface area contributed by atoms with Gasteiger partial charge in [-0.05, 0) is 5.92 Å². The summed E-state index contributed by atoms with van der Waals surface area (Å²) in [6, 6.07) is 0. The molecule has 0 aliphatic carbocycles. The Hall–Kier alpha value is 0. The number of rotatable bonds is 29. The maximum atomic E-state index is 4.02. The lowest BCUT2D eigenvalue weighted by Crippen LogP contribution is -2.01. The van der Waals surface area contributed by atoms with Crippen molar-refractivity contribution in [2.75, 3.05) is 0 Å². The van der Waals surface area contributed by atoms with E-state index in [2.05, 4.69) is 20.8 Å². The maximum absolute atomic E-state index is 4.02. The third kappa shape index (κ3) is 28.1. The average molecular weight is 464 g/mol. The molecule has 0 amide bonds. The van der Waals surface area contributed by atoms with Gasteiger partial charge in [-0.15, -0.1) is 0 Å². The Morgan fingerprint density at radius 1 is 0.333 bits per heavy atom. The summed E-state index contributed by atoms with van der Waals surface area (Å²) < 4.78 is 0. The molecule has 0 N–H and O–H groups in total. The zero-order valence-electron chi connectivity index (χ0n) is 23.8. The third-order valence-corrected chi connectivity index (χ3v) is 7.79. The second-order valence-corrected chi connectivity index (χ2v) is 11.2. The molecule has 0 saturated heterocycles. The standard InChI is InChI=1S/C33H67/c1-4-7-10-13-15-17-18-19-20-22-24-26-29-32-33(30-27-12-9-6-3)31-28-25-23-21-16-14-11-8-5-2/h33H,3-32H2,1-2H3. The molecule has 0 aliphatic heterocycles. The quantitative estimate of drug-likeness (QED) is 0.0967. The van der Waals surface area contributed by atoms with Crippen molar-refractivity contribution in [3.05, 3.63) is 6.92 Å². The molecule has 0 nitrogen and oxygen atoms in total. The molecule has 1 radical (unpaired) electrons. The molecule has 33 heavy (non-hydrogen) atoms. The van der Waals surface area contributed by atoms with Crippen LogP contribution in [-0.2, 0) is 0 Å². The van der Waals surface area contributed by atoms with E-state index in [1.807, 2.05) is 0 Å². The van der Waals surface area contributed by atoms with Crippen LogP contribution in [0.4, 0.5) is 0 Å². The Morgan fingerprint density at radius 3 is 0.848 bits per heavy atom. The Labute approximate surface area is 212 Å². The lowest BCUT2D eigenvalue weighted by molar-refractivity contribution is 0.366. The Balaban J connectivity index is 3.64. The fourth-order valence-electron chi connectivity index (χ4n) is 5.41. The van der Waals surface area contributed by atoms with Crippen LogP contribution < -0.4 is 0 Å². The lowest BCUT2D eigenvalue weighted by Gasteiger charge is -2.17. The average Bonchev–Trinajstić information content (AvgIpc) is 2.83. The second-order valence-electron chi connectivity index (χ2n) is 11.2. The normalized spacial score (nSPS) is 12.5. The largest absolute Gasteiger partial charge is 0.0654 e. The summed E-state index contributed by atoms with van der Waals surface area (Å²) in [7, 11) is 0. The van der Waals surface area contributed by atoms with E-state index >= 15 is 0 Å². The first-order valence-electron chi connectivity index (χ1n) is 16.1. The molecule has 0 aromatic carbocycles. The lowest BCUT2D eigenvalue weighted by atomic mass is 9.89. The van der Waals surface area contributed by atoms with Crippen molar-refractivity contribution >= 4 is 0 Å². The van der Waals surface area contributed by atoms with Crippen LogP contribution in [0, 0.1) is 12.8 Å². The van der Waals surface area contributed by atoms with E-state index in [0.717, 1.165) is 12.3 Å². The van der Waals surface area contributed by atoms with E-state index < -0.39 is 0 Å². The highest BCUT2D eigenvalue weighted by Gasteiger charge is 2.08. The van der Waals surface area contributed by atoms with Crippen molar-refractivity contribution in [3.8, 4) is 0 Å². The van der Waals surface area contributed by atoms with Crippen LogP contribution in [0.2, 0.25) is 0 Å². The zero-order valence-corrected chi connectivity index (χ0v) is 23.8. The summed E-state index contributed by atoms with van der Waals surface area (Å²) in [6.45, 7) is 8.64.